The van der Waals surface area contributed by atoms with Gasteiger partial charge >= 0.3 is 23.9 Å². The van der Waals surface area contributed by atoms with E-state index in [9.17, 15) is 19.2 Å². The largest absolute Gasteiger partial charge is 0.465 e. The molecule has 1 aromatic carbocycles. The van der Waals surface area contributed by atoms with Gasteiger partial charge in [0.1, 0.15) is 12.2 Å². The molecule has 0 amide bonds. The molecule has 1 aromatic rings. The smallest absolute Gasteiger partial charge is 0.326 e. The van der Waals surface area contributed by atoms with Crippen molar-refractivity contribution in [2.24, 2.45) is 10.8 Å². The van der Waals surface area contributed by atoms with Crippen molar-refractivity contribution in [2.75, 3.05) is 26.4 Å². The summed E-state index contributed by atoms with van der Waals surface area (Å²) in [6.45, 7) is 7.97. The molecular weight excluding hydrogens is 456 g/mol. The first kappa shape index (κ1) is 28.0. The second-order valence-electron chi connectivity index (χ2n) is 8.08. The predicted molar refractivity (Wildman–Crippen MR) is 125 cm³/mol. The van der Waals surface area contributed by atoms with Crippen LogP contribution in [-0.2, 0) is 49.3 Å². The highest BCUT2D eigenvalue weighted by molar-refractivity contribution is 6.02. The highest BCUT2D eigenvalue weighted by Gasteiger charge is 2.60. The summed E-state index contributed by atoms with van der Waals surface area (Å²) in [6.07, 6.45) is 0.524. The summed E-state index contributed by atoms with van der Waals surface area (Å²) in [5.41, 5.74) is -3.10. The fraction of sp³-hybridized carbons (Fsp3) is 0.538. The molecule has 0 N–H and O–H groups in total. The Morgan fingerprint density at radius 1 is 0.714 bits per heavy atom. The van der Waals surface area contributed by atoms with Crippen LogP contribution in [-0.4, -0.2) is 62.5 Å². The maximum Gasteiger partial charge on any atom is 0.326 e. The van der Waals surface area contributed by atoms with E-state index in [1.165, 1.54) is 19.1 Å². The lowest BCUT2D eigenvalue weighted by Crippen LogP contribution is -2.54. The van der Waals surface area contributed by atoms with E-state index in [0.717, 1.165) is 0 Å². The van der Waals surface area contributed by atoms with Crippen LogP contribution in [0.2, 0.25) is 0 Å². The van der Waals surface area contributed by atoms with Crippen LogP contribution < -0.4 is 0 Å². The molecule has 0 aromatic heterocycles. The molecular formula is C26H34O9. The van der Waals surface area contributed by atoms with Gasteiger partial charge in [-0.05, 0) is 40.2 Å². The lowest BCUT2D eigenvalue weighted by molar-refractivity contribution is -0.190. The Balaban J connectivity index is 2.56. The zero-order valence-corrected chi connectivity index (χ0v) is 20.9. The van der Waals surface area contributed by atoms with E-state index >= 15 is 0 Å². The molecule has 1 aliphatic rings. The Labute approximate surface area is 205 Å². The number of carbonyl (C=O) groups is 4. The van der Waals surface area contributed by atoms with E-state index in [-0.39, 0.29) is 32.8 Å². The minimum absolute atomic E-state index is 0.0258. The molecule has 9 nitrogen and oxygen atoms in total. The molecule has 1 aliphatic heterocycles. The first-order chi connectivity index (χ1) is 16.7. The second kappa shape index (κ2) is 12.5. The predicted octanol–water partition coefficient (Wildman–Crippen LogP) is 2.80. The van der Waals surface area contributed by atoms with Crippen LogP contribution in [0.25, 0.3) is 0 Å². The van der Waals surface area contributed by atoms with Crippen molar-refractivity contribution in [3.8, 4) is 0 Å². The zero-order valence-electron chi connectivity index (χ0n) is 20.9. The Morgan fingerprint density at radius 3 is 1.60 bits per heavy atom. The third-order valence-electron chi connectivity index (χ3n) is 5.81. The molecule has 2 atom stereocenters. The van der Waals surface area contributed by atoms with Crippen LogP contribution in [0.15, 0.2) is 42.5 Å². The summed E-state index contributed by atoms with van der Waals surface area (Å²) in [4.78, 5) is 52.5. The van der Waals surface area contributed by atoms with E-state index < -0.39 is 46.9 Å². The van der Waals surface area contributed by atoms with E-state index in [1.54, 1.807) is 52.0 Å². The fourth-order valence-electron chi connectivity index (χ4n) is 3.94. The SMILES string of the molecule is CCOC(=O)C(C)(C(=O)OCC)[C@H]1C=C[C@@H](C(Cc2ccccc2)(C(=O)OCC)C(=O)OCC)O1. The lowest BCUT2D eigenvalue weighted by Gasteiger charge is -2.36. The van der Waals surface area contributed by atoms with E-state index in [1.807, 2.05) is 6.07 Å². The summed E-state index contributed by atoms with van der Waals surface area (Å²) in [5.74, 6) is -3.33. The molecule has 2 rings (SSSR count). The number of hydrogen-bond donors (Lipinski definition) is 0. The van der Waals surface area contributed by atoms with E-state index in [0.29, 0.717) is 5.56 Å². The monoisotopic (exact) mass is 490 g/mol. The summed E-state index contributed by atoms with van der Waals surface area (Å²) in [6, 6.07) is 8.91. The molecule has 192 valence electrons. The summed E-state index contributed by atoms with van der Waals surface area (Å²) in [5, 5.41) is 0. The van der Waals surface area contributed by atoms with Gasteiger partial charge in [0.25, 0.3) is 0 Å². The maximum atomic E-state index is 13.4. The van der Waals surface area contributed by atoms with Crippen molar-refractivity contribution in [1.29, 1.82) is 0 Å². The molecule has 35 heavy (non-hydrogen) atoms. The summed E-state index contributed by atoms with van der Waals surface area (Å²) < 4.78 is 27.0. The standard InChI is InChI=1S/C26H34O9/c1-6-31-21(27)25(5,22(28)32-7-2)19-15-16-20(35-19)26(23(29)33-8-3,24(30)34-9-4)17-18-13-11-10-12-14-18/h10-16,19-20H,6-9,17H2,1-5H3/t19-,20+/m1/s1. The minimum Gasteiger partial charge on any atom is -0.465 e. The zero-order chi connectivity index (χ0) is 26.1. The Hall–Kier alpha value is -3.20. The quantitative estimate of drug-likeness (QED) is 0.189. The molecule has 0 aliphatic carbocycles. The number of rotatable bonds is 12. The summed E-state index contributed by atoms with van der Waals surface area (Å²) in [7, 11) is 0. The van der Waals surface area contributed by atoms with Gasteiger partial charge in [-0.3, -0.25) is 19.2 Å². The fourth-order valence-corrected chi connectivity index (χ4v) is 3.94. The van der Waals surface area contributed by atoms with Crippen LogP contribution in [0.5, 0.6) is 0 Å². The Morgan fingerprint density at radius 2 is 1.14 bits per heavy atom. The van der Waals surface area contributed by atoms with Crippen LogP contribution in [0, 0.1) is 10.8 Å². The van der Waals surface area contributed by atoms with Crippen LogP contribution in [0.3, 0.4) is 0 Å². The average molecular weight is 491 g/mol. The molecule has 0 fully saturated rings. The molecule has 1 heterocycles. The van der Waals surface area contributed by atoms with Gasteiger partial charge in [-0.25, -0.2) is 0 Å². The van der Waals surface area contributed by atoms with E-state index in [4.69, 9.17) is 23.7 Å². The van der Waals surface area contributed by atoms with Crippen LogP contribution in [0.1, 0.15) is 40.2 Å². The Kier molecular flexibility index (Phi) is 10.0. The normalized spacial score (nSPS) is 17.5. The van der Waals surface area contributed by atoms with Crippen molar-refractivity contribution in [3.05, 3.63) is 48.0 Å². The summed E-state index contributed by atoms with van der Waals surface area (Å²) >= 11 is 0. The number of benzene rings is 1. The molecule has 0 spiro atoms. The van der Waals surface area contributed by atoms with Gasteiger partial charge < -0.3 is 23.7 Å². The van der Waals surface area contributed by atoms with Gasteiger partial charge in [-0.15, -0.1) is 0 Å². The Bertz CT molecular complexity index is 886. The van der Waals surface area contributed by atoms with Gasteiger partial charge in [0.15, 0.2) is 10.8 Å². The topological polar surface area (TPSA) is 114 Å². The van der Waals surface area contributed by atoms with Gasteiger partial charge in [-0.1, -0.05) is 42.5 Å². The number of ether oxygens (including phenoxy) is 5. The molecule has 9 heteroatoms. The number of hydrogen-bond acceptors (Lipinski definition) is 9. The third-order valence-corrected chi connectivity index (χ3v) is 5.81. The number of carbonyl (C=O) groups excluding carboxylic acids is 4. The highest BCUT2D eigenvalue weighted by Crippen LogP contribution is 2.41. The van der Waals surface area contributed by atoms with Gasteiger partial charge in [0.2, 0.25) is 0 Å². The van der Waals surface area contributed by atoms with Crippen molar-refractivity contribution in [1.82, 2.24) is 0 Å². The van der Waals surface area contributed by atoms with E-state index in [2.05, 4.69) is 0 Å². The average Bonchev–Trinajstić information content (AvgIpc) is 3.34. The first-order valence-electron chi connectivity index (χ1n) is 11.8. The lowest BCUT2D eigenvalue weighted by atomic mass is 9.76. The van der Waals surface area contributed by atoms with Crippen molar-refractivity contribution in [2.45, 2.75) is 53.2 Å². The number of esters is 4. The maximum absolute atomic E-state index is 13.4. The van der Waals surface area contributed by atoms with Gasteiger partial charge in [0.05, 0.1) is 26.4 Å². The second-order valence-corrected chi connectivity index (χ2v) is 8.08. The van der Waals surface area contributed by atoms with Crippen LogP contribution >= 0.6 is 0 Å². The minimum atomic E-state index is -1.91. The van der Waals surface area contributed by atoms with Gasteiger partial charge in [-0.2, -0.15) is 0 Å². The molecule has 0 radical (unpaired) electrons. The van der Waals surface area contributed by atoms with Gasteiger partial charge in [0, 0.05) is 6.42 Å². The highest BCUT2D eigenvalue weighted by atomic mass is 16.6. The first-order valence-corrected chi connectivity index (χ1v) is 11.8. The van der Waals surface area contributed by atoms with Crippen LogP contribution in [0.4, 0.5) is 0 Å². The molecule has 0 unspecified atom stereocenters. The van der Waals surface area contributed by atoms with Crippen molar-refractivity contribution >= 4 is 23.9 Å². The van der Waals surface area contributed by atoms with Crippen molar-refractivity contribution in [3.63, 3.8) is 0 Å². The molecule has 0 saturated heterocycles. The molecule has 0 bridgehead atoms. The molecule has 0 saturated carbocycles. The third kappa shape index (κ3) is 5.73. The van der Waals surface area contributed by atoms with Crippen molar-refractivity contribution < 1.29 is 42.9 Å².